The van der Waals surface area contributed by atoms with E-state index in [-0.39, 0.29) is 5.92 Å². The fourth-order valence-corrected chi connectivity index (χ4v) is 1.72. The van der Waals surface area contributed by atoms with E-state index in [1.165, 1.54) is 0 Å². The Hall–Kier alpha value is -1.46. The molecule has 0 aliphatic carbocycles. The van der Waals surface area contributed by atoms with Gasteiger partial charge >= 0.3 is 0 Å². The van der Waals surface area contributed by atoms with Crippen LogP contribution in [-0.2, 0) is 0 Å². The Kier molecular flexibility index (Phi) is 5.25. The summed E-state index contributed by atoms with van der Waals surface area (Å²) in [6.07, 6.45) is -0.704. The molecule has 0 aliphatic rings. The molecule has 1 aromatic rings. The van der Waals surface area contributed by atoms with Gasteiger partial charge in [0.05, 0.1) is 27.4 Å². The molecule has 2 unspecified atom stereocenters. The number of hydrogen-bond acceptors (Lipinski definition) is 5. The van der Waals surface area contributed by atoms with Crippen LogP contribution in [-0.4, -0.2) is 33.0 Å². The summed E-state index contributed by atoms with van der Waals surface area (Å²) in [6.45, 7) is 2.26. The van der Waals surface area contributed by atoms with Crippen molar-refractivity contribution in [3.05, 3.63) is 17.7 Å². The third-order valence-electron chi connectivity index (χ3n) is 2.97. The maximum Gasteiger partial charge on any atom is 0.164 e. The highest BCUT2D eigenvalue weighted by Crippen LogP contribution is 2.39. The highest BCUT2D eigenvalue weighted by molar-refractivity contribution is 5.51. The molecule has 0 spiro atoms. The van der Waals surface area contributed by atoms with Crippen molar-refractivity contribution in [2.45, 2.75) is 13.0 Å². The molecule has 0 saturated heterocycles. The van der Waals surface area contributed by atoms with E-state index in [1.807, 2.05) is 6.92 Å². The van der Waals surface area contributed by atoms with Crippen LogP contribution in [0.1, 0.15) is 18.6 Å². The van der Waals surface area contributed by atoms with Crippen LogP contribution in [0.15, 0.2) is 12.1 Å². The van der Waals surface area contributed by atoms with E-state index in [9.17, 15) is 5.11 Å². The summed E-state index contributed by atoms with van der Waals surface area (Å²) in [6, 6.07) is 3.41. The van der Waals surface area contributed by atoms with Gasteiger partial charge in [0.1, 0.15) is 5.75 Å². The van der Waals surface area contributed by atoms with E-state index >= 15 is 0 Å². The zero-order valence-electron chi connectivity index (χ0n) is 11.3. The van der Waals surface area contributed by atoms with Crippen molar-refractivity contribution >= 4 is 0 Å². The van der Waals surface area contributed by atoms with E-state index < -0.39 is 6.10 Å². The maximum absolute atomic E-state index is 10.2. The van der Waals surface area contributed by atoms with E-state index in [0.717, 1.165) is 0 Å². The van der Waals surface area contributed by atoms with Crippen molar-refractivity contribution in [1.82, 2.24) is 0 Å². The van der Waals surface area contributed by atoms with Crippen molar-refractivity contribution in [3.8, 4) is 17.2 Å². The lowest BCUT2D eigenvalue weighted by Crippen LogP contribution is -2.19. The number of methoxy groups -OCH3 is 3. The van der Waals surface area contributed by atoms with Gasteiger partial charge in [0, 0.05) is 11.6 Å². The van der Waals surface area contributed by atoms with E-state index in [4.69, 9.17) is 19.9 Å². The molecule has 0 heterocycles. The van der Waals surface area contributed by atoms with Gasteiger partial charge in [-0.1, -0.05) is 6.92 Å². The van der Waals surface area contributed by atoms with Gasteiger partial charge in [-0.2, -0.15) is 0 Å². The van der Waals surface area contributed by atoms with E-state index in [1.54, 1.807) is 33.5 Å². The van der Waals surface area contributed by atoms with E-state index in [2.05, 4.69) is 0 Å². The summed E-state index contributed by atoms with van der Waals surface area (Å²) in [4.78, 5) is 0. The average molecular weight is 255 g/mol. The summed E-state index contributed by atoms with van der Waals surface area (Å²) < 4.78 is 15.7. The monoisotopic (exact) mass is 255 g/mol. The molecular formula is C13H21NO4. The smallest absolute Gasteiger partial charge is 0.164 e. The summed E-state index contributed by atoms with van der Waals surface area (Å²) in [5.74, 6) is 1.60. The van der Waals surface area contributed by atoms with Gasteiger partial charge in [-0.15, -0.1) is 0 Å². The minimum Gasteiger partial charge on any atom is -0.496 e. The molecule has 0 aromatic heterocycles. The van der Waals surface area contributed by atoms with Crippen molar-refractivity contribution in [3.63, 3.8) is 0 Å². The van der Waals surface area contributed by atoms with Crippen LogP contribution < -0.4 is 19.9 Å². The summed E-state index contributed by atoms with van der Waals surface area (Å²) >= 11 is 0. The number of rotatable bonds is 6. The molecule has 0 radical (unpaired) electrons. The zero-order valence-corrected chi connectivity index (χ0v) is 11.3. The Bertz CT molecular complexity index is 395. The van der Waals surface area contributed by atoms with Crippen LogP contribution in [0.5, 0.6) is 17.2 Å². The molecule has 0 fully saturated rings. The topological polar surface area (TPSA) is 73.9 Å². The highest BCUT2D eigenvalue weighted by Gasteiger charge is 2.22. The van der Waals surface area contributed by atoms with Gasteiger partial charge in [-0.3, -0.25) is 0 Å². The van der Waals surface area contributed by atoms with Gasteiger partial charge < -0.3 is 25.1 Å². The number of hydrogen-bond donors (Lipinski definition) is 2. The molecule has 1 rings (SSSR count). The van der Waals surface area contributed by atoms with Crippen LogP contribution in [0.25, 0.3) is 0 Å². The number of benzene rings is 1. The molecule has 18 heavy (non-hydrogen) atoms. The minimum atomic E-state index is -0.704. The van der Waals surface area contributed by atoms with Gasteiger partial charge in [-0.25, -0.2) is 0 Å². The van der Waals surface area contributed by atoms with Crippen LogP contribution in [0, 0.1) is 5.92 Å². The van der Waals surface area contributed by atoms with Crippen molar-refractivity contribution < 1.29 is 19.3 Å². The molecule has 0 amide bonds. The van der Waals surface area contributed by atoms with Crippen LogP contribution in [0.2, 0.25) is 0 Å². The Morgan fingerprint density at radius 1 is 1.06 bits per heavy atom. The quantitative estimate of drug-likeness (QED) is 0.802. The van der Waals surface area contributed by atoms with Gasteiger partial charge in [0.15, 0.2) is 11.5 Å². The lowest BCUT2D eigenvalue weighted by atomic mass is 9.96. The zero-order chi connectivity index (χ0) is 13.7. The second kappa shape index (κ2) is 6.47. The number of aliphatic hydroxyl groups is 1. The van der Waals surface area contributed by atoms with Gasteiger partial charge in [0.25, 0.3) is 0 Å². The Morgan fingerprint density at radius 3 is 2.00 bits per heavy atom. The minimum absolute atomic E-state index is 0.0722. The van der Waals surface area contributed by atoms with Crippen molar-refractivity contribution in [2.75, 3.05) is 27.9 Å². The first-order valence-corrected chi connectivity index (χ1v) is 5.77. The summed E-state index contributed by atoms with van der Waals surface area (Å²) in [7, 11) is 4.65. The first kappa shape index (κ1) is 14.6. The van der Waals surface area contributed by atoms with Crippen molar-refractivity contribution in [2.24, 2.45) is 11.7 Å². The molecule has 1 aromatic carbocycles. The third-order valence-corrected chi connectivity index (χ3v) is 2.97. The Labute approximate surface area is 107 Å². The third kappa shape index (κ3) is 2.86. The summed E-state index contributed by atoms with van der Waals surface area (Å²) in [5, 5.41) is 10.2. The van der Waals surface area contributed by atoms with Crippen molar-refractivity contribution in [1.29, 1.82) is 0 Å². The SMILES string of the molecule is COc1cc(OC)c(C(O)C(C)CN)cc1OC. The Morgan fingerprint density at radius 2 is 1.56 bits per heavy atom. The summed E-state index contributed by atoms with van der Waals surface area (Å²) in [5.41, 5.74) is 6.22. The largest absolute Gasteiger partial charge is 0.496 e. The van der Waals surface area contributed by atoms with Crippen LogP contribution in [0.4, 0.5) is 0 Å². The molecule has 102 valence electrons. The maximum atomic E-state index is 10.2. The lowest BCUT2D eigenvalue weighted by Gasteiger charge is -2.21. The Balaban J connectivity index is 3.24. The molecule has 2 atom stereocenters. The second-order valence-corrected chi connectivity index (χ2v) is 4.11. The molecule has 0 aliphatic heterocycles. The van der Waals surface area contributed by atoms with Crippen LogP contribution in [0.3, 0.4) is 0 Å². The van der Waals surface area contributed by atoms with Crippen LogP contribution >= 0.6 is 0 Å². The average Bonchev–Trinajstić information content (AvgIpc) is 2.43. The predicted octanol–water partition coefficient (Wildman–Crippen LogP) is 1.34. The molecule has 5 nitrogen and oxygen atoms in total. The molecule has 0 saturated carbocycles. The molecule has 3 N–H and O–H groups in total. The van der Waals surface area contributed by atoms with Gasteiger partial charge in [0.2, 0.25) is 0 Å². The second-order valence-electron chi connectivity index (χ2n) is 4.11. The molecule has 0 bridgehead atoms. The lowest BCUT2D eigenvalue weighted by molar-refractivity contribution is 0.118. The standard InChI is InChI=1S/C13H21NO4/c1-8(7-14)13(15)9-5-11(17-3)12(18-4)6-10(9)16-2/h5-6,8,13,15H,7,14H2,1-4H3. The number of ether oxygens (including phenoxy) is 3. The predicted molar refractivity (Wildman–Crippen MR) is 69.3 cm³/mol. The number of nitrogens with two attached hydrogens (primary N) is 1. The first-order valence-electron chi connectivity index (χ1n) is 5.77. The number of aliphatic hydroxyl groups excluding tert-OH is 1. The van der Waals surface area contributed by atoms with Gasteiger partial charge in [-0.05, 0) is 18.5 Å². The highest BCUT2D eigenvalue weighted by atomic mass is 16.5. The normalized spacial score (nSPS) is 13.9. The molecule has 5 heteroatoms. The fourth-order valence-electron chi connectivity index (χ4n) is 1.72. The molecular weight excluding hydrogens is 234 g/mol. The first-order chi connectivity index (χ1) is 8.58. The van der Waals surface area contributed by atoms with E-state index in [0.29, 0.717) is 29.4 Å². The fraction of sp³-hybridized carbons (Fsp3) is 0.538.